The normalized spacial score (nSPS) is 21.9. The summed E-state index contributed by atoms with van der Waals surface area (Å²) in [7, 11) is -1.93. The van der Waals surface area contributed by atoms with Gasteiger partial charge in [-0.3, -0.25) is 5.10 Å². The molecule has 2 heterocycles. The monoisotopic (exact) mass is 375 g/mol. The molecule has 1 fully saturated rings. The summed E-state index contributed by atoms with van der Waals surface area (Å²) < 4.78 is 33.4. The van der Waals surface area contributed by atoms with Gasteiger partial charge in [0.05, 0.1) is 19.0 Å². The van der Waals surface area contributed by atoms with E-state index in [1.165, 1.54) is 12.6 Å². The van der Waals surface area contributed by atoms with Gasteiger partial charge in [0.2, 0.25) is 10.0 Å². The van der Waals surface area contributed by atoms with E-state index in [0.717, 1.165) is 49.1 Å². The smallest absolute Gasteiger partial charge is 0.246 e. The number of aromatic nitrogens is 2. The van der Waals surface area contributed by atoms with Crippen LogP contribution < -0.4 is 4.74 Å². The maximum atomic E-state index is 13.3. The quantitative estimate of drug-likeness (QED) is 0.894. The average Bonchev–Trinajstić information content (AvgIpc) is 3.15. The molecule has 26 heavy (non-hydrogen) atoms. The summed E-state index contributed by atoms with van der Waals surface area (Å²) in [6, 6.07) is 7.58. The largest absolute Gasteiger partial charge is 0.497 e. The zero-order valence-corrected chi connectivity index (χ0v) is 15.9. The molecule has 1 N–H and O–H groups in total. The first kappa shape index (κ1) is 17.5. The number of aromatic amines is 1. The van der Waals surface area contributed by atoms with Crippen LogP contribution in [0.4, 0.5) is 0 Å². The molecule has 2 aromatic rings. The molecule has 1 aliphatic heterocycles. The Balaban J connectivity index is 1.68. The van der Waals surface area contributed by atoms with Crippen LogP contribution in [-0.2, 0) is 22.0 Å². The van der Waals surface area contributed by atoms with Gasteiger partial charge in [-0.2, -0.15) is 9.40 Å². The van der Waals surface area contributed by atoms with Crippen molar-refractivity contribution in [1.29, 1.82) is 0 Å². The van der Waals surface area contributed by atoms with Crippen LogP contribution in [0.15, 0.2) is 35.4 Å². The number of benzene rings is 1. The summed E-state index contributed by atoms with van der Waals surface area (Å²) in [5.41, 5.74) is 1.71. The van der Waals surface area contributed by atoms with Gasteiger partial charge in [-0.15, -0.1) is 0 Å². The lowest BCUT2D eigenvalue weighted by atomic mass is 9.69. The highest BCUT2D eigenvalue weighted by Gasteiger charge is 2.44. The topological polar surface area (TPSA) is 75.3 Å². The molecule has 140 valence electrons. The van der Waals surface area contributed by atoms with Gasteiger partial charge >= 0.3 is 0 Å². The van der Waals surface area contributed by atoms with E-state index in [9.17, 15) is 8.42 Å². The second-order valence-electron chi connectivity index (χ2n) is 7.39. The third-order valence-electron chi connectivity index (χ3n) is 5.92. The van der Waals surface area contributed by atoms with Crippen molar-refractivity contribution in [2.45, 2.75) is 55.4 Å². The molecular formula is C19H25N3O3S. The maximum absolute atomic E-state index is 13.3. The summed E-state index contributed by atoms with van der Waals surface area (Å²) in [6.07, 6.45) is 7.94. The zero-order valence-electron chi connectivity index (χ0n) is 15.1. The van der Waals surface area contributed by atoms with E-state index in [-0.39, 0.29) is 5.41 Å². The fourth-order valence-corrected chi connectivity index (χ4v) is 6.04. The van der Waals surface area contributed by atoms with Crippen LogP contribution in [0.3, 0.4) is 0 Å². The fourth-order valence-electron chi connectivity index (χ4n) is 4.40. The zero-order chi connectivity index (χ0) is 18.2. The fraction of sp³-hybridized carbons (Fsp3) is 0.526. The second kappa shape index (κ2) is 6.70. The van der Waals surface area contributed by atoms with Crippen molar-refractivity contribution in [3.63, 3.8) is 0 Å². The number of H-pyrrole nitrogens is 1. The van der Waals surface area contributed by atoms with E-state index in [2.05, 4.69) is 10.2 Å². The van der Waals surface area contributed by atoms with Gasteiger partial charge in [0.25, 0.3) is 0 Å². The lowest BCUT2D eigenvalue weighted by molar-refractivity contribution is 0.246. The third-order valence-corrected chi connectivity index (χ3v) is 7.78. The maximum Gasteiger partial charge on any atom is 0.246 e. The summed E-state index contributed by atoms with van der Waals surface area (Å²) in [5, 5.41) is 7.15. The van der Waals surface area contributed by atoms with Gasteiger partial charge in [0.1, 0.15) is 10.6 Å². The van der Waals surface area contributed by atoms with Crippen molar-refractivity contribution >= 4 is 10.0 Å². The second-order valence-corrected chi connectivity index (χ2v) is 9.29. The van der Waals surface area contributed by atoms with Gasteiger partial charge in [-0.25, -0.2) is 8.42 Å². The summed E-state index contributed by atoms with van der Waals surface area (Å²) >= 11 is 0. The van der Waals surface area contributed by atoms with E-state index in [0.29, 0.717) is 18.0 Å². The summed E-state index contributed by atoms with van der Waals surface area (Å²) in [5.74, 6) is 0.769. The van der Waals surface area contributed by atoms with E-state index >= 15 is 0 Å². The number of rotatable bonds is 3. The number of methoxy groups -OCH3 is 1. The molecule has 0 bridgehead atoms. The molecule has 0 radical (unpaired) electrons. The predicted molar refractivity (Wildman–Crippen MR) is 98.6 cm³/mol. The molecule has 0 saturated heterocycles. The first-order valence-electron chi connectivity index (χ1n) is 9.22. The van der Waals surface area contributed by atoms with Crippen molar-refractivity contribution in [3.05, 3.63) is 41.7 Å². The Morgan fingerprint density at radius 2 is 1.88 bits per heavy atom. The standard InChI is InChI=1S/C19H25N3O3S/c1-25-16-7-5-15(6-8-16)14-22-12-11-19(9-3-2-4-10-19)18-17(13-20-21-18)26(22,23)24/h5-8,13H,2-4,9-12,14H2,1H3,(H,20,21). The molecule has 0 atom stereocenters. The highest BCUT2D eigenvalue weighted by Crippen LogP contribution is 2.46. The Kier molecular flexibility index (Phi) is 4.52. The van der Waals surface area contributed by atoms with Crippen LogP contribution in [-0.4, -0.2) is 36.6 Å². The van der Waals surface area contributed by atoms with E-state index in [4.69, 9.17) is 4.74 Å². The third kappa shape index (κ3) is 2.93. The van der Waals surface area contributed by atoms with Crippen LogP contribution in [0.5, 0.6) is 5.75 Å². The minimum absolute atomic E-state index is 0.0776. The Morgan fingerprint density at radius 3 is 2.58 bits per heavy atom. The van der Waals surface area contributed by atoms with Crippen LogP contribution >= 0.6 is 0 Å². The molecule has 1 aromatic carbocycles. The predicted octanol–water partition coefficient (Wildman–Crippen LogP) is 3.21. The molecule has 4 rings (SSSR count). The molecule has 1 aromatic heterocycles. The van der Waals surface area contributed by atoms with Crippen molar-refractivity contribution in [2.24, 2.45) is 0 Å². The summed E-state index contributed by atoms with van der Waals surface area (Å²) in [6.45, 7) is 0.907. The van der Waals surface area contributed by atoms with Crippen LogP contribution in [0, 0.1) is 0 Å². The Bertz CT molecular complexity index is 868. The molecule has 6 nitrogen and oxygen atoms in total. The lowest BCUT2D eigenvalue weighted by Crippen LogP contribution is -2.33. The number of ether oxygens (including phenoxy) is 1. The number of fused-ring (bicyclic) bond motifs is 2. The van der Waals surface area contributed by atoms with E-state index < -0.39 is 10.0 Å². The first-order valence-corrected chi connectivity index (χ1v) is 10.7. The number of nitrogens with one attached hydrogen (secondary N) is 1. The Morgan fingerprint density at radius 1 is 1.15 bits per heavy atom. The first-order chi connectivity index (χ1) is 12.5. The molecule has 1 aliphatic carbocycles. The van der Waals surface area contributed by atoms with E-state index in [1.54, 1.807) is 11.4 Å². The lowest BCUT2D eigenvalue weighted by Gasteiger charge is -2.36. The number of sulfonamides is 1. The highest BCUT2D eigenvalue weighted by atomic mass is 32.2. The number of hydrogen-bond donors (Lipinski definition) is 1. The Labute approximate surface area is 154 Å². The minimum atomic E-state index is -3.56. The average molecular weight is 375 g/mol. The van der Waals surface area contributed by atoms with E-state index in [1.807, 2.05) is 24.3 Å². The van der Waals surface area contributed by atoms with Crippen LogP contribution in [0.2, 0.25) is 0 Å². The van der Waals surface area contributed by atoms with Crippen molar-refractivity contribution in [3.8, 4) is 5.75 Å². The van der Waals surface area contributed by atoms with Gasteiger partial charge in [-0.05, 0) is 37.0 Å². The molecule has 0 unspecified atom stereocenters. The Hall–Kier alpha value is -1.86. The molecule has 0 amide bonds. The number of nitrogens with zero attached hydrogens (tertiary/aromatic N) is 2. The van der Waals surface area contributed by atoms with Crippen molar-refractivity contribution in [2.75, 3.05) is 13.7 Å². The van der Waals surface area contributed by atoms with Gasteiger partial charge in [-0.1, -0.05) is 31.4 Å². The van der Waals surface area contributed by atoms with Crippen molar-refractivity contribution < 1.29 is 13.2 Å². The van der Waals surface area contributed by atoms with Crippen LogP contribution in [0.1, 0.15) is 49.8 Å². The van der Waals surface area contributed by atoms with Gasteiger partial charge in [0, 0.05) is 18.5 Å². The SMILES string of the molecule is COc1ccc(CN2CCC3(CCCCC3)c3[nH]ncc3S2(=O)=O)cc1. The minimum Gasteiger partial charge on any atom is -0.497 e. The van der Waals surface area contributed by atoms with Crippen LogP contribution in [0.25, 0.3) is 0 Å². The van der Waals surface area contributed by atoms with Crippen molar-refractivity contribution in [1.82, 2.24) is 14.5 Å². The van der Waals surface area contributed by atoms with Gasteiger partial charge in [0.15, 0.2) is 0 Å². The molecule has 1 spiro atoms. The molecule has 1 saturated carbocycles. The molecule has 2 aliphatic rings. The molecular weight excluding hydrogens is 350 g/mol. The molecule has 7 heteroatoms. The summed E-state index contributed by atoms with van der Waals surface area (Å²) in [4.78, 5) is 0.366. The highest BCUT2D eigenvalue weighted by molar-refractivity contribution is 7.89. The van der Waals surface area contributed by atoms with Gasteiger partial charge < -0.3 is 4.74 Å². The number of hydrogen-bond acceptors (Lipinski definition) is 4.